The molecule has 0 aliphatic carbocycles. The molecule has 1 aromatic rings. The minimum absolute atomic E-state index is 0.0294. The van der Waals surface area contributed by atoms with Crippen molar-refractivity contribution in [3.05, 3.63) is 23.8 Å². The molecule has 1 saturated heterocycles. The van der Waals surface area contributed by atoms with Gasteiger partial charge < -0.3 is 14.7 Å². The van der Waals surface area contributed by atoms with Gasteiger partial charge in [0.25, 0.3) is 0 Å². The molecule has 2 N–H and O–H groups in total. The van der Waals surface area contributed by atoms with Gasteiger partial charge in [-0.15, -0.1) is 0 Å². The number of nitrogens with zero attached hydrogens (tertiary/aromatic N) is 1. The van der Waals surface area contributed by atoms with Gasteiger partial charge in [0.2, 0.25) is 10.0 Å². The quantitative estimate of drug-likeness (QED) is 0.688. The molecular formula is C16H24N2O5S. The average Bonchev–Trinajstić information content (AvgIpc) is 2.59. The van der Waals surface area contributed by atoms with Crippen LogP contribution in [0.25, 0.3) is 0 Å². The summed E-state index contributed by atoms with van der Waals surface area (Å²) in [5.74, 6) is -1.14. The highest BCUT2D eigenvalue weighted by Gasteiger charge is 2.24. The Hall–Kier alpha value is -1.64. The number of anilines is 1. The minimum atomic E-state index is -3.79. The first-order valence-corrected chi connectivity index (χ1v) is 9.55. The Bertz CT molecular complexity index is 669. The second-order valence-electron chi connectivity index (χ2n) is 5.78. The Morgan fingerprint density at radius 3 is 2.62 bits per heavy atom. The van der Waals surface area contributed by atoms with Gasteiger partial charge in [0, 0.05) is 33.4 Å². The second kappa shape index (κ2) is 8.46. The SMILES string of the molecule is COCCCNS(=O)(=O)c1cc(C(=O)O)ccc1N1CCCCC1. The van der Waals surface area contributed by atoms with Crippen molar-refractivity contribution in [2.75, 3.05) is 38.3 Å². The summed E-state index contributed by atoms with van der Waals surface area (Å²) in [4.78, 5) is 13.3. The van der Waals surface area contributed by atoms with E-state index in [-0.39, 0.29) is 17.0 Å². The maximum Gasteiger partial charge on any atom is 0.335 e. The highest BCUT2D eigenvalue weighted by Crippen LogP contribution is 2.29. The van der Waals surface area contributed by atoms with Gasteiger partial charge in [0.05, 0.1) is 11.3 Å². The zero-order valence-electron chi connectivity index (χ0n) is 13.8. The summed E-state index contributed by atoms with van der Waals surface area (Å²) in [6.45, 7) is 2.25. The van der Waals surface area contributed by atoms with Gasteiger partial charge in [-0.3, -0.25) is 0 Å². The number of hydrogen-bond acceptors (Lipinski definition) is 5. The Kier molecular flexibility index (Phi) is 6.59. The zero-order valence-corrected chi connectivity index (χ0v) is 14.6. The molecule has 1 aliphatic rings. The van der Waals surface area contributed by atoms with Crippen LogP contribution in [0.2, 0.25) is 0 Å². The fourth-order valence-corrected chi connectivity index (χ4v) is 4.08. The Morgan fingerprint density at radius 1 is 1.29 bits per heavy atom. The molecule has 1 aliphatic heterocycles. The summed E-state index contributed by atoms with van der Waals surface area (Å²) in [5.41, 5.74) is 0.534. The Morgan fingerprint density at radius 2 is 2.00 bits per heavy atom. The first-order chi connectivity index (χ1) is 11.5. The molecule has 0 radical (unpaired) electrons. The number of nitrogens with one attached hydrogen (secondary N) is 1. The maximum absolute atomic E-state index is 12.7. The van der Waals surface area contributed by atoms with Gasteiger partial charge >= 0.3 is 5.97 Å². The third-order valence-electron chi connectivity index (χ3n) is 4.01. The van der Waals surface area contributed by atoms with Crippen LogP contribution in [0.5, 0.6) is 0 Å². The fourth-order valence-electron chi connectivity index (χ4n) is 2.76. The zero-order chi connectivity index (χ0) is 17.6. The van der Waals surface area contributed by atoms with Gasteiger partial charge in [-0.1, -0.05) is 0 Å². The van der Waals surface area contributed by atoms with Crippen LogP contribution in [0.1, 0.15) is 36.0 Å². The maximum atomic E-state index is 12.7. The molecule has 2 rings (SSSR count). The lowest BCUT2D eigenvalue weighted by Crippen LogP contribution is -2.33. The monoisotopic (exact) mass is 356 g/mol. The number of carboxylic acids is 1. The Labute approximate surface area is 142 Å². The van der Waals surface area contributed by atoms with Crippen LogP contribution in [-0.2, 0) is 14.8 Å². The normalized spacial score (nSPS) is 15.5. The van der Waals surface area contributed by atoms with E-state index in [1.165, 1.54) is 12.1 Å². The van der Waals surface area contributed by atoms with Crippen molar-refractivity contribution in [1.82, 2.24) is 4.72 Å². The molecule has 0 atom stereocenters. The summed E-state index contributed by atoms with van der Waals surface area (Å²) < 4.78 is 32.8. The van der Waals surface area contributed by atoms with E-state index in [1.807, 2.05) is 4.90 Å². The number of ether oxygens (including phenoxy) is 1. The van der Waals surface area contributed by atoms with E-state index >= 15 is 0 Å². The van der Waals surface area contributed by atoms with Crippen LogP contribution in [0, 0.1) is 0 Å². The number of benzene rings is 1. The lowest BCUT2D eigenvalue weighted by molar-refractivity contribution is 0.0696. The van der Waals surface area contributed by atoms with Crippen LogP contribution in [0.4, 0.5) is 5.69 Å². The molecule has 8 heteroatoms. The first-order valence-electron chi connectivity index (χ1n) is 8.06. The third kappa shape index (κ3) is 4.68. The summed E-state index contributed by atoms with van der Waals surface area (Å²) in [5, 5.41) is 9.18. The Balaban J connectivity index is 2.32. The molecule has 0 bridgehead atoms. The van der Waals surface area contributed by atoms with E-state index in [1.54, 1.807) is 13.2 Å². The summed E-state index contributed by atoms with van der Waals surface area (Å²) in [6, 6.07) is 4.29. The van der Waals surface area contributed by atoms with Crippen LogP contribution in [-0.4, -0.2) is 52.8 Å². The van der Waals surface area contributed by atoms with Gasteiger partial charge in [-0.05, 0) is 43.9 Å². The van der Waals surface area contributed by atoms with Crippen molar-refractivity contribution in [3.8, 4) is 0 Å². The predicted molar refractivity (Wildman–Crippen MR) is 91.1 cm³/mol. The number of hydrogen-bond donors (Lipinski definition) is 2. The summed E-state index contributed by atoms with van der Waals surface area (Å²) in [6.07, 6.45) is 3.68. The number of aromatic carboxylic acids is 1. The average molecular weight is 356 g/mol. The molecule has 134 valence electrons. The minimum Gasteiger partial charge on any atom is -0.478 e. The molecule has 0 amide bonds. The number of sulfonamides is 1. The van der Waals surface area contributed by atoms with E-state index in [9.17, 15) is 18.3 Å². The summed E-state index contributed by atoms with van der Waals surface area (Å²) >= 11 is 0. The molecule has 1 fully saturated rings. The van der Waals surface area contributed by atoms with Gasteiger partial charge in [0.1, 0.15) is 4.90 Å². The van der Waals surface area contributed by atoms with E-state index < -0.39 is 16.0 Å². The molecule has 24 heavy (non-hydrogen) atoms. The standard InChI is InChI=1S/C16H24N2O5S/c1-23-11-5-8-17-24(21,22)15-12-13(16(19)20)6-7-14(15)18-9-3-2-4-10-18/h6-7,12,17H,2-5,8-11H2,1H3,(H,19,20). The molecule has 0 aromatic heterocycles. The van der Waals surface area contributed by atoms with Crippen molar-refractivity contribution in [2.45, 2.75) is 30.6 Å². The molecule has 1 aromatic carbocycles. The van der Waals surface area contributed by atoms with Crippen LogP contribution >= 0.6 is 0 Å². The number of carboxylic acid groups (broad SMARTS) is 1. The molecular weight excluding hydrogens is 332 g/mol. The smallest absolute Gasteiger partial charge is 0.335 e. The highest BCUT2D eigenvalue weighted by atomic mass is 32.2. The summed E-state index contributed by atoms with van der Waals surface area (Å²) in [7, 11) is -2.23. The molecule has 0 spiro atoms. The van der Waals surface area contributed by atoms with E-state index in [0.717, 1.165) is 32.4 Å². The van der Waals surface area contributed by atoms with E-state index in [2.05, 4.69) is 4.72 Å². The van der Waals surface area contributed by atoms with Gasteiger partial charge in [-0.2, -0.15) is 0 Å². The first kappa shape index (κ1) is 18.7. The molecule has 7 nitrogen and oxygen atoms in total. The van der Waals surface area contributed by atoms with Crippen LogP contribution in [0.15, 0.2) is 23.1 Å². The van der Waals surface area contributed by atoms with Crippen molar-refractivity contribution < 1.29 is 23.1 Å². The van der Waals surface area contributed by atoms with Crippen LogP contribution in [0.3, 0.4) is 0 Å². The van der Waals surface area contributed by atoms with Crippen LogP contribution < -0.4 is 9.62 Å². The van der Waals surface area contributed by atoms with Gasteiger partial charge in [0.15, 0.2) is 0 Å². The number of rotatable bonds is 8. The molecule has 1 heterocycles. The second-order valence-corrected chi connectivity index (χ2v) is 7.51. The van der Waals surface area contributed by atoms with Crippen molar-refractivity contribution in [1.29, 1.82) is 0 Å². The number of piperidine rings is 1. The predicted octanol–water partition coefficient (Wildman–Crippen LogP) is 1.69. The molecule has 0 unspecified atom stereocenters. The highest BCUT2D eigenvalue weighted by molar-refractivity contribution is 7.89. The van der Waals surface area contributed by atoms with Crippen molar-refractivity contribution >= 4 is 21.7 Å². The van der Waals surface area contributed by atoms with E-state index in [4.69, 9.17) is 4.74 Å². The van der Waals surface area contributed by atoms with Gasteiger partial charge in [-0.25, -0.2) is 17.9 Å². The fraction of sp³-hybridized carbons (Fsp3) is 0.562. The lowest BCUT2D eigenvalue weighted by Gasteiger charge is -2.30. The largest absolute Gasteiger partial charge is 0.478 e. The topological polar surface area (TPSA) is 95.9 Å². The molecule has 0 saturated carbocycles. The van der Waals surface area contributed by atoms with Crippen molar-refractivity contribution in [3.63, 3.8) is 0 Å². The lowest BCUT2D eigenvalue weighted by atomic mass is 10.1. The van der Waals surface area contributed by atoms with E-state index in [0.29, 0.717) is 18.7 Å². The van der Waals surface area contributed by atoms with Crippen molar-refractivity contribution in [2.24, 2.45) is 0 Å². The third-order valence-corrected chi connectivity index (χ3v) is 5.50. The number of carbonyl (C=O) groups is 1. The number of methoxy groups -OCH3 is 1.